The van der Waals surface area contributed by atoms with Gasteiger partial charge in [0.2, 0.25) is 0 Å². The van der Waals surface area contributed by atoms with E-state index in [1.54, 1.807) is 0 Å². The fraction of sp³-hybridized carbons (Fsp3) is 0.0500. The van der Waals surface area contributed by atoms with Gasteiger partial charge >= 0.3 is 6.03 Å². The summed E-state index contributed by atoms with van der Waals surface area (Å²) in [7, 11) is 1.44. The molecule has 0 spiro atoms. The van der Waals surface area contributed by atoms with E-state index in [1.165, 1.54) is 37.6 Å². The molecule has 13 heteroatoms. The Hall–Kier alpha value is -4.32. The summed E-state index contributed by atoms with van der Waals surface area (Å²) in [5.41, 5.74) is 0.264. The number of aromatic nitrogens is 4. The maximum Gasteiger partial charge on any atom is 0.324 e. The van der Waals surface area contributed by atoms with Gasteiger partial charge in [0.05, 0.1) is 10.4 Å². The monoisotopic (exact) mass is 473 g/mol. The number of rotatable bonds is 5. The molecule has 0 unspecified atom stereocenters. The Kier molecular flexibility index (Phi) is 6.00. The Bertz CT molecular complexity index is 1340. The standard InChI is InChI=1S/C20H14ClF2N7O3/c1-24-19(31)13-2-3-15(30-29-13)28-20(32)27-9-6-11(22)17(12(23)7-9)33-14-4-5-25-18-16(14)10(21)8-26-18/h2-8H,1H3,(H,24,31)(H,25,26)(H2,27,28,30,32). The summed E-state index contributed by atoms with van der Waals surface area (Å²) in [6.07, 6.45) is 2.87. The molecule has 0 atom stereocenters. The van der Waals surface area contributed by atoms with Crippen molar-refractivity contribution in [3.63, 3.8) is 0 Å². The van der Waals surface area contributed by atoms with Gasteiger partial charge in [-0.05, 0) is 18.2 Å². The van der Waals surface area contributed by atoms with Crippen molar-refractivity contribution in [2.24, 2.45) is 0 Å². The molecule has 0 radical (unpaired) electrons. The minimum atomic E-state index is -1.06. The molecule has 3 aromatic heterocycles. The van der Waals surface area contributed by atoms with Gasteiger partial charge in [0.25, 0.3) is 5.91 Å². The molecule has 3 amide bonds. The van der Waals surface area contributed by atoms with Crippen LogP contribution in [0.3, 0.4) is 0 Å². The zero-order chi connectivity index (χ0) is 23.5. The molecule has 0 fully saturated rings. The smallest absolute Gasteiger partial charge is 0.324 e. The van der Waals surface area contributed by atoms with E-state index >= 15 is 0 Å². The van der Waals surface area contributed by atoms with Gasteiger partial charge in [-0.15, -0.1) is 10.2 Å². The summed E-state index contributed by atoms with van der Waals surface area (Å²) >= 11 is 6.08. The first kappa shape index (κ1) is 21.9. The van der Waals surface area contributed by atoms with Gasteiger partial charge in [-0.1, -0.05) is 11.6 Å². The Balaban J connectivity index is 1.48. The van der Waals surface area contributed by atoms with Crippen LogP contribution in [0.1, 0.15) is 10.5 Å². The van der Waals surface area contributed by atoms with Crippen LogP contribution in [0.25, 0.3) is 11.0 Å². The zero-order valence-electron chi connectivity index (χ0n) is 16.7. The first-order chi connectivity index (χ1) is 15.9. The molecular formula is C20H14ClF2N7O3. The van der Waals surface area contributed by atoms with Gasteiger partial charge in [0.1, 0.15) is 11.4 Å². The fourth-order valence-electron chi connectivity index (χ4n) is 2.84. The second-order valence-electron chi connectivity index (χ2n) is 6.50. The quantitative estimate of drug-likeness (QED) is 0.345. The van der Waals surface area contributed by atoms with Crippen LogP contribution in [0.15, 0.2) is 42.7 Å². The van der Waals surface area contributed by atoms with E-state index in [4.69, 9.17) is 16.3 Å². The average molecular weight is 474 g/mol. The number of nitrogens with one attached hydrogen (secondary N) is 4. The van der Waals surface area contributed by atoms with E-state index in [1.807, 2.05) is 0 Å². The number of halogens is 3. The molecule has 1 aromatic carbocycles. The van der Waals surface area contributed by atoms with Crippen LogP contribution in [0.5, 0.6) is 11.5 Å². The molecule has 33 heavy (non-hydrogen) atoms. The first-order valence-electron chi connectivity index (χ1n) is 9.28. The number of fused-ring (bicyclic) bond motifs is 1. The molecular weight excluding hydrogens is 460 g/mol. The lowest BCUT2D eigenvalue weighted by atomic mass is 10.2. The van der Waals surface area contributed by atoms with Crippen LogP contribution in [0.4, 0.5) is 25.1 Å². The highest BCUT2D eigenvalue weighted by atomic mass is 35.5. The molecule has 10 nitrogen and oxygen atoms in total. The van der Waals surface area contributed by atoms with Crippen molar-refractivity contribution in [2.75, 3.05) is 17.7 Å². The zero-order valence-corrected chi connectivity index (χ0v) is 17.5. The Labute approximate surface area is 189 Å². The molecule has 0 aliphatic heterocycles. The Morgan fingerprint density at radius 1 is 1.09 bits per heavy atom. The van der Waals surface area contributed by atoms with Crippen molar-refractivity contribution in [2.45, 2.75) is 0 Å². The number of H-pyrrole nitrogens is 1. The molecule has 0 aliphatic rings. The highest BCUT2D eigenvalue weighted by molar-refractivity contribution is 6.36. The minimum absolute atomic E-state index is 0.0196. The summed E-state index contributed by atoms with van der Waals surface area (Å²) < 4.78 is 34.6. The van der Waals surface area contributed by atoms with Gasteiger partial charge in [-0.25, -0.2) is 18.6 Å². The number of benzene rings is 1. The maximum absolute atomic E-state index is 14.6. The summed E-state index contributed by atoms with van der Waals surface area (Å²) in [6, 6.07) is 5.04. The summed E-state index contributed by atoms with van der Waals surface area (Å²) in [5, 5.41) is 15.0. The lowest BCUT2D eigenvalue weighted by molar-refractivity contribution is 0.0957. The summed E-state index contributed by atoms with van der Waals surface area (Å²) in [4.78, 5) is 30.5. The van der Waals surface area contributed by atoms with Crippen molar-refractivity contribution in [1.29, 1.82) is 0 Å². The number of carbonyl (C=O) groups is 2. The van der Waals surface area contributed by atoms with E-state index in [0.717, 1.165) is 12.1 Å². The predicted molar refractivity (Wildman–Crippen MR) is 116 cm³/mol. The molecule has 3 heterocycles. The molecule has 0 saturated heterocycles. The molecule has 0 aliphatic carbocycles. The van der Waals surface area contributed by atoms with Crippen LogP contribution < -0.4 is 20.7 Å². The van der Waals surface area contributed by atoms with Gasteiger partial charge in [-0.2, -0.15) is 0 Å². The first-order valence-corrected chi connectivity index (χ1v) is 9.66. The maximum atomic E-state index is 14.6. The number of urea groups is 1. The number of aromatic amines is 1. The highest BCUT2D eigenvalue weighted by Crippen LogP contribution is 2.36. The molecule has 4 aromatic rings. The van der Waals surface area contributed by atoms with Gasteiger partial charge in [0, 0.05) is 37.3 Å². The third-order valence-electron chi connectivity index (χ3n) is 4.32. The van der Waals surface area contributed by atoms with Crippen molar-refractivity contribution in [3.05, 3.63) is 65.1 Å². The molecule has 0 saturated carbocycles. The topological polar surface area (TPSA) is 134 Å². The Morgan fingerprint density at radius 3 is 2.52 bits per heavy atom. The van der Waals surface area contributed by atoms with Gasteiger partial charge in [0.15, 0.2) is 28.9 Å². The third kappa shape index (κ3) is 4.65. The van der Waals surface area contributed by atoms with Crippen molar-refractivity contribution in [3.8, 4) is 11.5 Å². The van der Waals surface area contributed by atoms with Crippen molar-refractivity contribution >= 4 is 46.1 Å². The number of hydrogen-bond donors (Lipinski definition) is 4. The van der Waals surface area contributed by atoms with Gasteiger partial charge in [-0.3, -0.25) is 10.1 Å². The van der Waals surface area contributed by atoms with E-state index < -0.39 is 29.3 Å². The number of pyridine rings is 1. The lowest BCUT2D eigenvalue weighted by Crippen LogP contribution is -2.22. The van der Waals surface area contributed by atoms with Crippen molar-refractivity contribution in [1.82, 2.24) is 25.5 Å². The number of amides is 3. The van der Waals surface area contributed by atoms with Crippen LogP contribution in [-0.4, -0.2) is 39.2 Å². The second-order valence-corrected chi connectivity index (χ2v) is 6.91. The molecule has 168 valence electrons. The largest absolute Gasteiger partial charge is 0.450 e. The van der Waals surface area contributed by atoms with Gasteiger partial charge < -0.3 is 20.4 Å². The number of nitrogens with zero attached hydrogens (tertiary/aromatic N) is 3. The van der Waals surface area contributed by atoms with E-state index in [9.17, 15) is 18.4 Å². The van der Waals surface area contributed by atoms with E-state index in [-0.39, 0.29) is 28.0 Å². The lowest BCUT2D eigenvalue weighted by Gasteiger charge is -2.12. The normalized spacial score (nSPS) is 10.7. The SMILES string of the molecule is CNC(=O)c1ccc(NC(=O)Nc2cc(F)c(Oc3ccnc4[nH]cc(Cl)c34)c(F)c2)nn1. The number of hydrogen-bond acceptors (Lipinski definition) is 6. The second kappa shape index (κ2) is 9.04. The number of ether oxygens (including phenoxy) is 1. The van der Waals surface area contributed by atoms with Crippen LogP contribution in [0.2, 0.25) is 5.02 Å². The molecule has 4 N–H and O–H groups in total. The van der Waals surface area contributed by atoms with Crippen LogP contribution in [0, 0.1) is 11.6 Å². The van der Waals surface area contributed by atoms with E-state index in [0.29, 0.717) is 11.0 Å². The minimum Gasteiger partial charge on any atom is -0.450 e. The number of anilines is 2. The molecule has 0 bridgehead atoms. The van der Waals surface area contributed by atoms with E-state index in [2.05, 4.69) is 36.1 Å². The van der Waals surface area contributed by atoms with Crippen LogP contribution in [-0.2, 0) is 0 Å². The summed E-state index contributed by atoms with van der Waals surface area (Å²) in [5.74, 6) is -3.12. The van der Waals surface area contributed by atoms with Crippen LogP contribution >= 0.6 is 11.6 Å². The fourth-order valence-corrected chi connectivity index (χ4v) is 3.08. The van der Waals surface area contributed by atoms with Crippen molar-refractivity contribution < 1.29 is 23.1 Å². The highest BCUT2D eigenvalue weighted by Gasteiger charge is 2.18. The third-order valence-corrected chi connectivity index (χ3v) is 4.62. The average Bonchev–Trinajstić information content (AvgIpc) is 3.18. The predicted octanol–water partition coefficient (Wildman–Crippen LogP) is 4.08. The molecule has 4 rings (SSSR count). The summed E-state index contributed by atoms with van der Waals surface area (Å²) in [6.45, 7) is 0. The number of carbonyl (C=O) groups excluding carboxylic acids is 2. The Morgan fingerprint density at radius 2 is 1.85 bits per heavy atom.